The molecule has 38 heavy (non-hydrogen) atoms. The number of imidazole rings is 1. The monoisotopic (exact) mass is 592 g/mol. The lowest BCUT2D eigenvalue weighted by Gasteiger charge is -2.18. The first-order valence-electron chi connectivity index (χ1n) is 11.2. The molecule has 2 aromatic heterocycles. The molecule has 2 amide bonds. The number of carbonyl (C=O) groups excluding carboxylic acids is 2. The van der Waals surface area contributed by atoms with Crippen LogP contribution < -0.4 is 11.1 Å². The number of H-pyrrole nitrogens is 1. The molecule has 5 aromatic rings. The van der Waals surface area contributed by atoms with Crippen molar-refractivity contribution in [2.75, 3.05) is 5.32 Å². The molecule has 12 heteroatoms. The van der Waals surface area contributed by atoms with E-state index in [2.05, 4.69) is 36.3 Å². The highest BCUT2D eigenvalue weighted by atomic mass is 79.9. The van der Waals surface area contributed by atoms with Gasteiger partial charge in [0.05, 0.1) is 26.1 Å². The van der Waals surface area contributed by atoms with Crippen LogP contribution in [0.1, 0.15) is 32.5 Å². The highest BCUT2D eigenvalue weighted by Gasteiger charge is 2.31. The number of benzene rings is 3. The maximum atomic E-state index is 13.0. The van der Waals surface area contributed by atoms with Crippen LogP contribution in [-0.4, -0.2) is 42.6 Å². The molecule has 2 heterocycles. The van der Waals surface area contributed by atoms with Crippen molar-refractivity contribution in [3.8, 4) is 11.4 Å². The van der Waals surface area contributed by atoms with Crippen LogP contribution in [0.4, 0.5) is 5.82 Å². The van der Waals surface area contributed by atoms with Crippen LogP contribution in [0, 0.1) is 0 Å². The molecule has 0 radical (unpaired) electrons. The van der Waals surface area contributed by atoms with Crippen LogP contribution >= 0.6 is 27.5 Å². The lowest BCUT2D eigenvalue weighted by Crippen LogP contribution is -2.30. The highest BCUT2D eigenvalue weighted by Crippen LogP contribution is 2.33. The summed E-state index contributed by atoms with van der Waals surface area (Å²) in [6.07, 6.45) is 0. The molecular weight excluding hydrogens is 576 g/mol. The number of carboxylic acid groups (broad SMARTS) is 1. The van der Waals surface area contributed by atoms with Crippen molar-refractivity contribution in [1.29, 1.82) is 0 Å². The third kappa shape index (κ3) is 4.64. The zero-order valence-corrected chi connectivity index (χ0v) is 21.7. The molecule has 0 fully saturated rings. The number of nitrogens with zero attached hydrogens (tertiary/aromatic N) is 3. The number of hydrogen-bond donors (Lipinski definition) is 4. The number of amides is 2. The number of carboxylic acids is 1. The Morgan fingerprint density at radius 2 is 1.76 bits per heavy atom. The summed E-state index contributed by atoms with van der Waals surface area (Å²) in [5.74, 6) is -2.28. The topological polar surface area (TPSA) is 156 Å². The van der Waals surface area contributed by atoms with Crippen molar-refractivity contribution in [1.82, 2.24) is 19.7 Å². The number of carbonyl (C=O) groups is 3. The average molecular weight is 594 g/mol. The maximum Gasteiger partial charge on any atom is 0.357 e. The van der Waals surface area contributed by atoms with Crippen LogP contribution in [0.3, 0.4) is 0 Å². The van der Waals surface area contributed by atoms with E-state index >= 15 is 0 Å². The van der Waals surface area contributed by atoms with Crippen LogP contribution in [-0.2, 0) is 4.79 Å². The number of fused-ring (bicyclic) bond motifs is 1. The van der Waals surface area contributed by atoms with Gasteiger partial charge in [0.25, 0.3) is 5.91 Å². The Bertz CT molecular complexity index is 1720. The lowest BCUT2D eigenvalue weighted by molar-refractivity contribution is -0.120. The van der Waals surface area contributed by atoms with Gasteiger partial charge < -0.3 is 21.1 Å². The van der Waals surface area contributed by atoms with E-state index in [0.717, 1.165) is 15.8 Å². The number of primary amides is 1. The van der Waals surface area contributed by atoms with E-state index in [1.54, 1.807) is 36.4 Å². The molecule has 0 aliphatic heterocycles. The van der Waals surface area contributed by atoms with E-state index in [4.69, 9.17) is 17.3 Å². The summed E-state index contributed by atoms with van der Waals surface area (Å²) in [5.41, 5.74) is 8.05. The zero-order valence-electron chi connectivity index (χ0n) is 19.4. The molecule has 190 valence electrons. The Balaban J connectivity index is 1.60. The van der Waals surface area contributed by atoms with Gasteiger partial charge in [-0.25, -0.2) is 14.5 Å². The molecule has 0 aliphatic rings. The van der Waals surface area contributed by atoms with Gasteiger partial charge in [0.2, 0.25) is 5.91 Å². The molecular formula is C26H18BrClN6O4. The molecule has 0 spiro atoms. The van der Waals surface area contributed by atoms with Crippen LogP contribution in [0.25, 0.3) is 22.4 Å². The summed E-state index contributed by atoms with van der Waals surface area (Å²) in [7, 11) is 0. The van der Waals surface area contributed by atoms with Crippen LogP contribution in [0.2, 0.25) is 5.02 Å². The van der Waals surface area contributed by atoms with Crippen molar-refractivity contribution in [3.05, 3.63) is 99.1 Å². The van der Waals surface area contributed by atoms with E-state index in [9.17, 15) is 19.5 Å². The maximum absolute atomic E-state index is 13.0. The van der Waals surface area contributed by atoms with Gasteiger partial charge in [-0.3, -0.25) is 9.59 Å². The summed E-state index contributed by atoms with van der Waals surface area (Å²) in [6, 6.07) is 19.6. The fraction of sp³-hybridized carbons (Fsp3) is 0.0385. The molecule has 0 aliphatic carbocycles. The SMILES string of the molecule is NC(=O)C(c1ccc2[nH]c(-c3ccccc3)nc2c1)n1nc(C(=O)O)c(Br)c1NC(=O)c1ccccc1Cl. The minimum atomic E-state index is -1.37. The quantitative estimate of drug-likeness (QED) is 0.211. The number of nitrogens with one attached hydrogen (secondary N) is 2. The van der Waals surface area contributed by atoms with Crippen LogP contribution in [0.15, 0.2) is 77.3 Å². The average Bonchev–Trinajstić information content (AvgIpc) is 3.46. The minimum absolute atomic E-state index is 0.0381. The van der Waals surface area contributed by atoms with E-state index in [0.29, 0.717) is 16.9 Å². The lowest BCUT2D eigenvalue weighted by atomic mass is 10.1. The summed E-state index contributed by atoms with van der Waals surface area (Å²) < 4.78 is 1.03. The number of rotatable bonds is 7. The molecule has 5 rings (SSSR count). The Morgan fingerprint density at radius 1 is 1.05 bits per heavy atom. The van der Waals surface area contributed by atoms with Crippen molar-refractivity contribution in [3.63, 3.8) is 0 Å². The third-order valence-corrected chi connectivity index (χ3v) is 6.87. The molecule has 0 saturated carbocycles. The summed E-state index contributed by atoms with van der Waals surface area (Å²) in [4.78, 5) is 45.5. The minimum Gasteiger partial charge on any atom is -0.476 e. The number of aromatic amines is 1. The second-order valence-corrected chi connectivity index (χ2v) is 9.43. The van der Waals surface area contributed by atoms with Crippen molar-refractivity contribution < 1.29 is 19.5 Å². The van der Waals surface area contributed by atoms with Gasteiger partial charge in [-0.15, -0.1) is 0 Å². The number of aromatic carboxylic acids is 1. The number of hydrogen-bond acceptors (Lipinski definition) is 5. The predicted molar refractivity (Wildman–Crippen MR) is 145 cm³/mol. The molecule has 0 bridgehead atoms. The number of halogens is 2. The van der Waals surface area contributed by atoms with E-state index in [1.807, 2.05) is 30.3 Å². The van der Waals surface area contributed by atoms with Crippen molar-refractivity contribution in [2.24, 2.45) is 5.73 Å². The van der Waals surface area contributed by atoms with E-state index in [-0.39, 0.29) is 20.9 Å². The molecule has 3 aromatic carbocycles. The Kier molecular flexibility index (Phi) is 6.70. The molecule has 5 N–H and O–H groups in total. The van der Waals surface area contributed by atoms with Crippen LogP contribution in [0.5, 0.6) is 0 Å². The fourth-order valence-electron chi connectivity index (χ4n) is 4.02. The van der Waals surface area contributed by atoms with E-state index in [1.165, 1.54) is 6.07 Å². The standard InChI is InChI=1S/C26H18BrClN6O4/c27-19-20(26(37)38)33-34(24(19)32-25(36)15-8-4-5-9-16(15)28)21(22(29)35)14-10-11-17-18(12-14)31-23(30-17)13-6-2-1-3-7-13/h1-12,21H,(H2,29,35)(H,30,31)(H,32,36)(H,37,38). The Morgan fingerprint density at radius 3 is 2.45 bits per heavy atom. The van der Waals surface area contributed by atoms with E-state index < -0.39 is 29.5 Å². The van der Waals surface area contributed by atoms with Gasteiger partial charge in [-0.2, -0.15) is 5.10 Å². The normalized spacial score (nSPS) is 11.8. The summed E-state index contributed by atoms with van der Waals surface area (Å²) in [6.45, 7) is 0. The van der Waals surface area contributed by atoms with Gasteiger partial charge >= 0.3 is 5.97 Å². The largest absolute Gasteiger partial charge is 0.476 e. The Labute approximate surface area is 228 Å². The van der Waals surface area contributed by atoms with Crippen molar-refractivity contribution >= 4 is 62.2 Å². The number of nitrogens with two attached hydrogens (primary N) is 1. The van der Waals surface area contributed by atoms with Gasteiger partial charge in [0.1, 0.15) is 11.6 Å². The van der Waals surface area contributed by atoms with Gasteiger partial charge in [-0.1, -0.05) is 60.1 Å². The molecule has 10 nitrogen and oxygen atoms in total. The predicted octanol–water partition coefficient (Wildman–Crippen LogP) is 4.87. The summed E-state index contributed by atoms with van der Waals surface area (Å²) >= 11 is 9.36. The fourth-order valence-corrected chi connectivity index (χ4v) is 4.77. The first kappa shape index (κ1) is 25.2. The molecule has 1 atom stereocenters. The van der Waals surface area contributed by atoms with Crippen molar-refractivity contribution in [2.45, 2.75) is 6.04 Å². The Hall–Kier alpha value is -4.48. The summed E-state index contributed by atoms with van der Waals surface area (Å²) in [5, 5.41) is 16.6. The smallest absolute Gasteiger partial charge is 0.357 e. The zero-order chi connectivity index (χ0) is 27.0. The second-order valence-electron chi connectivity index (χ2n) is 8.23. The first-order valence-corrected chi connectivity index (χ1v) is 12.3. The second kappa shape index (κ2) is 10.1. The van der Waals surface area contributed by atoms with Gasteiger partial charge in [-0.05, 0) is 45.8 Å². The first-order chi connectivity index (χ1) is 18.2. The van der Waals surface area contributed by atoms with Gasteiger partial charge in [0, 0.05) is 5.56 Å². The number of anilines is 1. The third-order valence-electron chi connectivity index (χ3n) is 5.79. The molecule has 1 unspecified atom stereocenters. The van der Waals surface area contributed by atoms with Gasteiger partial charge in [0.15, 0.2) is 11.7 Å². The molecule has 0 saturated heterocycles. The highest BCUT2D eigenvalue weighted by molar-refractivity contribution is 9.10. The number of aromatic nitrogens is 4.